The summed E-state index contributed by atoms with van der Waals surface area (Å²) in [5.74, 6) is 1.04. The van der Waals surface area contributed by atoms with Gasteiger partial charge in [-0.15, -0.1) is 0 Å². The van der Waals surface area contributed by atoms with Gasteiger partial charge in [-0.1, -0.05) is 36.4 Å². The Morgan fingerprint density at radius 3 is 2.52 bits per heavy atom. The van der Waals surface area contributed by atoms with Crippen molar-refractivity contribution < 1.29 is 19.4 Å². The molecule has 0 aliphatic carbocycles. The van der Waals surface area contributed by atoms with Gasteiger partial charge in [-0.05, 0) is 147 Å². The van der Waals surface area contributed by atoms with Crippen molar-refractivity contribution in [1.82, 2.24) is 0 Å². The highest BCUT2D eigenvalue weighted by molar-refractivity contribution is 8.00. The molecule has 1 atom stereocenters. The molecule has 0 amide bonds. The number of fused-ring (bicyclic) bond motifs is 3. The Bertz CT molecular complexity index is 1580. The quantitative estimate of drug-likeness (QED) is 0.187. The second-order valence-electron chi connectivity index (χ2n) is 12.0. The van der Waals surface area contributed by atoms with Crippen LogP contribution in [0.5, 0.6) is 5.75 Å². The third kappa shape index (κ3) is 6.61. The molecular weight excluding hydrogens is 542 g/mol. The van der Waals surface area contributed by atoms with Crippen molar-refractivity contribution >= 4 is 34.9 Å². The lowest BCUT2D eigenvalue weighted by Crippen LogP contribution is -2.27. The lowest BCUT2D eigenvalue weighted by Gasteiger charge is -2.36. The average molecular weight is 584 g/mol. The van der Waals surface area contributed by atoms with Gasteiger partial charge in [0.2, 0.25) is 0 Å². The zero-order valence-electron chi connectivity index (χ0n) is 25.3. The molecule has 220 valence electrons. The van der Waals surface area contributed by atoms with E-state index in [1.54, 1.807) is 0 Å². The first-order chi connectivity index (χ1) is 20.2. The maximum Gasteiger partial charge on any atom is 0.290 e. The maximum atomic E-state index is 8.36. The minimum atomic E-state index is -0.250. The van der Waals surface area contributed by atoms with Crippen LogP contribution in [-0.4, -0.2) is 30.3 Å². The molecule has 0 radical (unpaired) electrons. The fourth-order valence-corrected chi connectivity index (χ4v) is 7.30. The summed E-state index contributed by atoms with van der Waals surface area (Å²) in [5, 5.41) is 9.46. The number of hydrogen-bond acceptors (Lipinski definition) is 5. The van der Waals surface area contributed by atoms with Crippen LogP contribution in [0.15, 0.2) is 71.6 Å². The summed E-state index contributed by atoms with van der Waals surface area (Å²) in [5.41, 5.74) is 9.11. The van der Waals surface area contributed by atoms with Gasteiger partial charge in [-0.25, -0.2) is 0 Å². The summed E-state index contributed by atoms with van der Waals surface area (Å²) >= 11 is 1.86. The summed E-state index contributed by atoms with van der Waals surface area (Å²) in [6.45, 7) is 12.6. The van der Waals surface area contributed by atoms with Crippen LogP contribution in [0.4, 0.5) is 5.69 Å². The predicted molar refractivity (Wildman–Crippen MR) is 174 cm³/mol. The van der Waals surface area contributed by atoms with Crippen molar-refractivity contribution in [2.45, 2.75) is 76.9 Å². The molecule has 0 fully saturated rings. The van der Waals surface area contributed by atoms with Crippen molar-refractivity contribution in [2.24, 2.45) is 0 Å². The van der Waals surface area contributed by atoms with Crippen molar-refractivity contribution in [1.29, 1.82) is 0 Å². The summed E-state index contributed by atoms with van der Waals surface area (Å²) in [4.78, 5) is 9.64. The largest absolute Gasteiger partial charge is 0.493 e. The van der Waals surface area contributed by atoms with Crippen LogP contribution in [0.1, 0.15) is 68.9 Å². The van der Waals surface area contributed by atoms with Gasteiger partial charge in [0.15, 0.2) is 0 Å². The molecule has 0 spiro atoms. The number of anilines is 1. The van der Waals surface area contributed by atoms with Crippen molar-refractivity contribution in [3.8, 4) is 16.9 Å². The Kier molecular flexibility index (Phi) is 9.14. The molecule has 2 aliphatic rings. The number of aryl methyl sites for hydroxylation is 2. The average Bonchev–Trinajstić information content (AvgIpc) is 2.96. The number of ether oxygens (including phenoxy) is 2. The topological polar surface area (TPSA) is 59.0 Å². The fourth-order valence-electron chi connectivity index (χ4n) is 6.25. The molecule has 2 aliphatic heterocycles. The van der Waals surface area contributed by atoms with Crippen LogP contribution in [-0.2, 0) is 22.4 Å². The lowest BCUT2D eigenvalue weighted by atomic mass is 9.84. The highest BCUT2D eigenvalue weighted by atomic mass is 32.2. The van der Waals surface area contributed by atoms with Gasteiger partial charge in [0.1, 0.15) is 5.75 Å². The van der Waals surface area contributed by atoms with Crippen molar-refractivity contribution in [3.05, 3.63) is 89.0 Å². The number of benzene rings is 4. The van der Waals surface area contributed by atoms with E-state index >= 15 is 0 Å². The van der Waals surface area contributed by atoms with Crippen LogP contribution < -0.4 is 9.04 Å². The molecule has 5 nitrogen and oxygen atoms in total. The Hall–Kier alpha value is -3.48. The van der Waals surface area contributed by atoms with E-state index in [-0.39, 0.29) is 18.2 Å². The minimum absolute atomic E-state index is 0.0217. The van der Waals surface area contributed by atoms with Crippen molar-refractivity contribution in [2.75, 3.05) is 17.5 Å². The molecule has 0 saturated carbocycles. The standard InChI is InChI=1S/C35H39NO2S.CH2O2/c1-23-20-31-30(13-8-18-36(31)39-29-16-14-25-10-6-7-11-26(25)22-29)34(24(2)38-35(3,4)5)33(23)28-15-17-32-27(21-28)12-9-19-37-32;2-1-3/h6-7,10-11,14-17,20-22,24H,8-9,12-13,18-19H2,1-5H3;1H,(H,2,3). The lowest BCUT2D eigenvalue weighted by molar-refractivity contribution is -0.122. The van der Waals surface area contributed by atoms with E-state index in [2.05, 4.69) is 106 Å². The first-order valence-electron chi connectivity index (χ1n) is 14.8. The van der Waals surface area contributed by atoms with Gasteiger partial charge in [0.25, 0.3) is 6.47 Å². The third-order valence-electron chi connectivity index (χ3n) is 7.78. The van der Waals surface area contributed by atoms with Crippen LogP contribution >= 0.6 is 11.9 Å². The molecule has 0 aromatic heterocycles. The molecule has 1 unspecified atom stereocenters. The number of carbonyl (C=O) groups is 1. The van der Waals surface area contributed by atoms with Crippen LogP contribution in [0.2, 0.25) is 0 Å². The molecule has 6 heteroatoms. The molecule has 0 saturated heterocycles. The number of rotatable bonds is 5. The number of nitrogens with zero attached hydrogens (tertiary/aromatic N) is 1. The smallest absolute Gasteiger partial charge is 0.290 e. The van der Waals surface area contributed by atoms with Gasteiger partial charge in [0, 0.05) is 11.4 Å². The second-order valence-corrected chi connectivity index (χ2v) is 13.1. The van der Waals surface area contributed by atoms with Gasteiger partial charge < -0.3 is 18.9 Å². The number of hydrogen-bond donors (Lipinski definition) is 1. The Labute approximate surface area is 254 Å². The molecule has 4 aromatic rings. The summed E-state index contributed by atoms with van der Waals surface area (Å²) in [6, 6.07) is 24.6. The van der Waals surface area contributed by atoms with E-state index in [4.69, 9.17) is 19.4 Å². The molecular formula is C36H41NO4S. The maximum absolute atomic E-state index is 8.36. The van der Waals surface area contributed by atoms with E-state index in [0.717, 1.165) is 44.6 Å². The summed E-state index contributed by atoms with van der Waals surface area (Å²) < 4.78 is 15.1. The Morgan fingerprint density at radius 2 is 1.76 bits per heavy atom. The molecule has 6 rings (SSSR count). The first kappa shape index (κ1) is 30.0. The van der Waals surface area contributed by atoms with Gasteiger partial charge in [0.05, 0.1) is 24.0 Å². The Balaban J connectivity index is 0.00000113. The molecule has 0 bridgehead atoms. The van der Waals surface area contributed by atoms with Crippen LogP contribution in [0.25, 0.3) is 21.9 Å². The first-order valence-corrected chi connectivity index (χ1v) is 15.6. The highest BCUT2D eigenvalue weighted by Crippen LogP contribution is 2.46. The van der Waals surface area contributed by atoms with Gasteiger partial charge >= 0.3 is 0 Å². The normalized spacial score (nSPS) is 15.1. The van der Waals surface area contributed by atoms with E-state index in [0.29, 0.717) is 0 Å². The molecule has 42 heavy (non-hydrogen) atoms. The fraction of sp³-hybridized carbons (Fsp3) is 0.361. The van der Waals surface area contributed by atoms with Crippen molar-refractivity contribution in [3.63, 3.8) is 0 Å². The molecule has 1 N–H and O–H groups in total. The second kappa shape index (κ2) is 12.8. The van der Waals surface area contributed by atoms with Gasteiger partial charge in [-0.3, -0.25) is 4.79 Å². The monoisotopic (exact) mass is 583 g/mol. The predicted octanol–water partition coefficient (Wildman–Crippen LogP) is 9.18. The SMILES string of the molecule is Cc1cc2c(c(C(C)OC(C)(C)C)c1-c1ccc3c(c1)CCCO3)CCCN2Sc1ccc2ccccc2c1.O=CO. The number of carboxylic acid groups (broad SMARTS) is 1. The zero-order chi connectivity index (χ0) is 29.9. The zero-order valence-corrected chi connectivity index (χ0v) is 26.1. The highest BCUT2D eigenvalue weighted by Gasteiger charge is 2.30. The van der Waals surface area contributed by atoms with E-state index in [1.807, 2.05) is 11.9 Å². The molecule has 4 aromatic carbocycles. The van der Waals surface area contributed by atoms with Gasteiger partial charge in [-0.2, -0.15) is 0 Å². The third-order valence-corrected chi connectivity index (χ3v) is 8.84. The van der Waals surface area contributed by atoms with E-state index < -0.39 is 0 Å². The summed E-state index contributed by atoms with van der Waals surface area (Å²) in [6.07, 6.45) is 4.33. The van der Waals surface area contributed by atoms with E-state index in [1.165, 1.54) is 54.7 Å². The van der Waals surface area contributed by atoms with E-state index in [9.17, 15) is 0 Å². The molecule has 2 heterocycles. The van der Waals surface area contributed by atoms with Crippen LogP contribution in [0, 0.1) is 6.92 Å². The Morgan fingerprint density at radius 1 is 1.00 bits per heavy atom. The van der Waals surface area contributed by atoms with Crippen LogP contribution in [0.3, 0.4) is 0 Å². The minimum Gasteiger partial charge on any atom is -0.493 e. The summed E-state index contributed by atoms with van der Waals surface area (Å²) in [7, 11) is 0.